The van der Waals surface area contributed by atoms with E-state index in [1.807, 2.05) is 0 Å². The molecule has 0 fully saturated rings. The van der Waals surface area contributed by atoms with Crippen molar-refractivity contribution < 1.29 is 28.9 Å². The fraction of sp³-hybridized carbons (Fsp3) is 0.286. The molecule has 1 unspecified atom stereocenters. The van der Waals surface area contributed by atoms with Crippen molar-refractivity contribution in [1.82, 2.24) is 10.2 Å². The second-order valence-corrected chi connectivity index (χ2v) is 6.44. The van der Waals surface area contributed by atoms with Crippen LogP contribution < -0.4 is 10.2 Å². The van der Waals surface area contributed by atoms with Gasteiger partial charge in [0.25, 0.3) is 0 Å². The highest BCUT2D eigenvalue weighted by molar-refractivity contribution is 5.73. The Hall–Kier alpha value is -3.59. The van der Waals surface area contributed by atoms with Gasteiger partial charge in [-0.2, -0.15) is 5.10 Å². The molecule has 0 aliphatic rings. The number of esters is 1. The number of aliphatic hydroxyl groups excluding tert-OH is 1. The van der Waals surface area contributed by atoms with E-state index in [9.17, 15) is 19.8 Å². The molecule has 3 aromatic rings. The van der Waals surface area contributed by atoms with Gasteiger partial charge in [-0.15, -0.1) is 0 Å². The third-order valence-corrected chi connectivity index (χ3v) is 4.57. The average molecular weight is 414 g/mol. The van der Waals surface area contributed by atoms with Crippen molar-refractivity contribution in [2.75, 3.05) is 13.7 Å². The summed E-state index contributed by atoms with van der Waals surface area (Å²) >= 11 is 0. The van der Waals surface area contributed by atoms with Crippen LogP contribution in [0.15, 0.2) is 45.7 Å². The van der Waals surface area contributed by atoms with Gasteiger partial charge in [0.1, 0.15) is 18.1 Å². The van der Waals surface area contributed by atoms with Crippen LogP contribution in [0, 0.1) is 0 Å². The molecular formula is C21H22N2O7. The van der Waals surface area contributed by atoms with Crippen molar-refractivity contribution in [1.29, 1.82) is 0 Å². The van der Waals surface area contributed by atoms with Crippen molar-refractivity contribution in [3.05, 3.63) is 63.8 Å². The van der Waals surface area contributed by atoms with E-state index in [4.69, 9.17) is 13.9 Å². The number of methoxy groups -OCH3 is 1. The molecule has 0 radical (unpaired) electrons. The molecule has 2 aromatic heterocycles. The Morgan fingerprint density at radius 3 is 2.67 bits per heavy atom. The van der Waals surface area contributed by atoms with Gasteiger partial charge < -0.3 is 24.1 Å². The molecule has 3 N–H and O–H groups in total. The second-order valence-electron chi connectivity index (χ2n) is 6.44. The van der Waals surface area contributed by atoms with E-state index in [1.54, 1.807) is 38.3 Å². The third kappa shape index (κ3) is 4.36. The molecule has 3 rings (SSSR count). The summed E-state index contributed by atoms with van der Waals surface area (Å²) in [5.41, 5.74) is 1.12. The van der Waals surface area contributed by atoms with Gasteiger partial charge in [-0.1, -0.05) is 0 Å². The quantitative estimate of drug-likeness (QED) is 0.478. The number of aromatic nitrogens is 2. The molecule has 9 heteroatoms. The molecule has 30 heavy (non-hydrogen) atoms. The number of nitrogens with zero attached hydrogens (tertiary/aromatic N) is 1. The average Bonchev–Trinajstić information content (AvgIpc) is 3.24. The number of ether oxygens (including phenoxy) is 2. The number of nitrogens with one attached hydrogen (secondary N) is 1. The number of hydrogen-bond acceptors (Lipinski definition) is 8. The van der Waals surface area contributed by atoms with Crippen LogP contribution in [0.4, 0.5) is 0 Å². The molecule has 0 amide bonds. The fourth-order valence-corrected chi connectivity index (χ4v) is 3.15. The fourth-order valence-electron chi connectivity index (χ4n) is 3.15. The molecule has 0 aliphatic heterocycles. The molecule has 158 valence electrons. The Balaban J connectivity index is 2.13. The maximum Gasteiger partial charge on any atom is 0.306 e. The van der Waals surface area contributed by atoms with Gasteiger partial charge in [0.15, 0.2) is 5.76 Å². The van der Waals surface area contributed by atoms with Crippen molar-refractivity contribution in [3.8, 4) is 22.8 Å². The Morgan fingerprint density at radius 2 is 2.03 bits per heavy atom. The van der Waals surface area contributed by atoms with Crippen LogP contribution in [0.2, 0.25) is 0 Å². The zero-order valence-electron chi connectivity index (χ0n) is 16.5. The zero-order chi connectivity index (χ0) is 21.7. The number of aliphatic hydroxyl groups is 1. The van der Waals surface area contributed by atoms with Gasteiger partial charge in [0.2, 0.25) is 11.2 Å². The summed E-state index contributed by atoms with van der Waals surface area (Å²) < 4.78 is 15.8. The minimum Gasteiger partial charge on any atom is -0.502 e. The third-order valence-electron chi connectivity index (χ3n) is 4.57. The molecule has 1 aromatic carbocycles. The lowest BCUT2D eigenvalue weighted by Crippen LogP contribution is -2.15. The Kier molecular flexibility index (Phi) is 6.53. The van der Waals surface area contributed by atoms with Crippen molar-refractivity contribution in [2.45, 2.75) is 25.9 Å². The van der Waals surface area contributed by atoms with Gasteiger partial charge in [-0.05, 0) is 31.2 Å². The van der Waals surface area contributed by atoms with Crippen LogP contribution in [0.3, 0.4) is 0 Å². The number of aromatic amines is 1. The standard InChI is InChI=1S/C21H22N2O7/c1-3-29-18(26)9-15(21-20(27)17(25)8-14(11-24)30-21)16-10-22-23-19(16)12-4-6-13(28-2)7-5-12/h4-8,10,15,24,27H,3,9,11H2,1-2H3,(H,22,23). The number of rotatable bonds is 8. The molecule has 1 atom stereocenters. The number of H-pyrrole nitrogens is 1. The summed E-state index contributed by atoms with van der Waals surface area (Å²) in [7, 11) is 1.56. The van der Waals surface area contributed by atoms with Crippen molar-refractivity contribution >= 4 is 5.97 Å². The normalized spacial score (nSPS) is 11.8. The summed E-state index contributed by atoms with van der Waals surface area (Å²) in [4.78, 5) is 24.4. The van der Waals surface area contributed by atoms with Crippen LogP contribution in [-0.2, 0) is 16.1 Å². The number of aromatic hydroxyl groups is 1. The summed E-state index contributed by atoms with van der Waals surface area (Å²) in [6, 6.07) is 8.14. The smallest absolute Gasteiger partial charge is 0.306 e. The lowest BCUT2D eigenvalue weighted by molar-refractivity contribution is -0.143. The lowest BCUT2D eigenvalue weighted by atomic mass is 9.90. The van der Waals surface area contributed by atoms with Crippen molar-refractivity contribution in [3.63, 3.8) is 0 Å². The highest BCUT2D eigenvalue weighted by atomic mass is 16.5. The predicted molar refractivity (Wildman–Crippen MR) is 106 cm³/mol. The number of carbonyl (C=O) groups excluding carboxylic acids is 1. The molecule has 0 saturated heterocycles. The first-order chi connectivity index (χ1) is 14.5. The first-order valence-corrected chi connectivity index (χ1v) is 9.28. The van der Waals surface area contributed by atoms with E-state index in [1.165, 1.54) is 6.20 Å². The van der Waals surface area contributed by atoms with Gasteiger partial charge in [-0.25, -0.2) is 0 Å². The van der Waals surface area contributed by atoms with E-state index in [0.29, 0.717) is 17.0 Å². The number of carbonyl (C=O) groups is 1. The van der Waals surface area contributed by atoms with E-state index in [2.05, 4.69) is 10.2 Å². The van der Waals surface area contributed by atoms with Crippen LogP contribution in [0.25, 0.3) is 11.3 Å². The zero-order valence-corrected chi connectivity index (χ0v) is 16.5. The van der Waals surface area contributed by atoms with E-state index >= 15 is 0 Å². The SMILES string of the molecule is CCOC(=O)CC(c1cn[nH]c1-c1ccc(OC)cc1)c1oc(CO)cc(=O)c1O. The van der Waals surface area contributed by atoms with Gasteiger partial charge in [0.05, 0.1) is 37.9 Å². The van der Waals surface area contributed by atoms with Gasteiger partial charge >= 0.3 is 5.97 Å². The second kappa shape index (κ2) is 9.27. The summed E-state index contributed by atoms with van der Waals surface area (Å²) in [5, 5.41) is 26.7. The summed E-state index contributed by atoms with van der Waals surface area (Å²) in [6.07, 6.45) is 1.29. The maximum absolute atomic E-state index is 12.3. The summed E-state index contributed by atoms with van der Waals surface area (Å²) in [6.45, 7) is 1.32. The topological polar surface area (TPSA) is 135 Å². The molecule has 2 heterocycles. The first kappa shape index (κ1) is 21.1. The highest BCUT2D eigenvalue weighted by Gasteiger charge is 2.30. The molecule has 0 bridgehead atoms. The molecule has 0 spiro atoms. The number of benzene rings is 1. The van der Waals surface area contributed by atoms with Crippen LogP contribution in [-0.4, -0.2) is 40.1 Å². The van der Waals surface area contributed by atoms with Gasteiger partial charge in [0, 0.05) is 17.2 Å². The largest absolute Gasteiger partial charge is 0.502 e. The van der Waals surface area contributed by atoms with E-state index in [0.717, 1.165) is 11.6 Å². The molecular weight excluding hydrogens is 392 g/mol. The molecule has 0 saturated carbocycles. The highest BCUT2D eigenvalue weighted by Crippen LogP contribution is 2.38. The Morgan fingerprint density at radius 1 is 1.30 bits per heavy atom. The van der Waals surface area contributed by atoms with E-state index in [-0.39, 0.29) is 24.5 Å². The lowest BCUT2D eigenvalue weighted by Gasteiger charge is -2.17. The van der Waals surface area contributed by atoms with Crippen molar-refractivity contribution in [2.24, 2.45) is 0 Å². The number of hydrogen-bond donors (Lipinski definition) is 3. The monoisotopic (exact) mass is 414 g/mol. The van der Waals surface area contributed by atoms with Crippen LogP contribution in [0.5, 0.6) is 11.5 Å². The molecule has 0 aliphatic carbocycles. The summed E-state index contributed by atoms with van der Waals surface area (Å²) in [5.74, 6) is -1.56. The molecule has 9 nitrogen and oxygen atoms in total. The first-order valence-electron chi connectivity index (χ1n) is 9.28. The Bertz CT molecular complexity index is 1070. The van der Waals surface area contributed by atoms with Crippen LogP contribution in [0.1, 0.15) is 36.3 Å². The minimum atomic E-state index is -0.876. The van der Waals surface area contributed by atoms with Gasteiger partial charge in [-0.3, -0.25) is 14.7 Å². The minimum absolute atomic E-state index is 0.0313. The van der Waals surface area contributed by atoms with E-state index < -0.39 is 29.7 Å². The maximum atomic E-state index is 12.3. The van der Waals surface area contributed by atoms with Crippen LogP contribution >= 0.6 is 0 Å². The Labute approximate surface area is 171 Å². The predicted octanol–water partition coefficient (Wildman–Crippen LogP) is 2.32.